The Balaban J connectivity index is 1.23. The molecular formula is C40H45B6F3N2O6. The summed E-state index contributed by atoms with van der Waals surface area (Å²) in [6.07, 6.45) is -4.75. The number of carbonyl (C=O) groups is 1. The van der Waals surface area contributed by atoms with E-state index < -0.39 is 50.8 Å². The molecule has 0 saturated heterocycles. The van der Waals surface area contributed by atoms with E-state index in [1.807, 2.05) is 118 Å². The maximum Gasteiger partial charge on any atom is 0.586 e. The Hall–Kier alpha value is -4.45. The highest BCUT2D eigenvalue weighted by Crippen LogP contribution is 2.83. The number of fused-ring (bicyclic) bond motifs is 2. The molecule has 1 aliphatic heterocycles. The summed E-state index contributed by atoms with van der Waals surface area (Å²) in [5.74, 6) is -1.46. The number of anilines is 1. The van der Waals surface area contributed by atoms with Crippen LogP contribution >= 0.6 is 0 Å². The lowest BCUT2D eigenvalue weighted by molar-refractivity contribution is -0.286. The number of hydrogen-bond acceptors (Lipinski definition) is 6. The van der Waals surface area contributed by atoms with Gasteiger partial charge in [0.25, 0.3) is 0 Å². The van der Waals surface area contributed by atoms with Crippen molar-refractivity contribution >= 4 is 69.6 Å². The number of alkyl halides is 2. The molecule has 8 nitrogen and oxygen atoms in total. The van der Waals surface area contributed by atoms with Gasteiger partial charge in [0, 0.05) is 28.0 Å². The van der Waals surface area contributed by atoms with E-state index >= 15 is 4.39 Å². The zero-order valence-electron chi connectivity index (χ0n) is 33.7. The van der Waals surface area contributed by atoms with Gasteiger partial charge in [0.05, 0.1) is 80.5 Å². The average Bonchev–Trinajstić information content (AvgIpc) is 3.43. The lowest BCUT2D eigenvalue weighted by Gasteiger charge is -2.43. The van der Waals surface area contributed by atoms with Crippen LogP contribution in [-0.4, -0.2) is 87.1 Å². The fourth-order valence-corrected chi connectivity index (χ4v) is 8.70. The molecule has 4 aromatic carbocycles. The highest BCUT2D eigenvalue weighted by atomic mass is 19.3. The molecule has 57 heavy (non-hydrogen) atoms. The number of ether oxygens (including phenoxy) is 4. The molecule has 17 heteroatoms. The number of amides is 1. The van der Waals surface area contributed by atoms with Crippen LogP contribution in [0.4, 0.5) is 18.9 Å². The van der Waals surface area contributed by atoms with Gasteiger partial charge >= 0.3 is 6.29 Å². The van der Waals surface area contributed by atoms with Gasteiger partial charge in [-0.05, 0) is 41.0 Å². The topological polar surface area (TPSA) is 91.2 Å². The number of carbonyl (C=O) groups excluding carboxylic acids is 1. The molecule has 0 spiro atoms. The van der Waals surface area contributed by atoms with Crippen molar-refractivity contribution in [2.45, 2.75) is 72.7 Å². The third-order valence-electron chi connectivity index (χ3n) is 13.2. The normalized spacial score (nSPS) is 17.9. The fraction of sp³-hybridized carbons (Fsp3) is 0.325. The van der Waals surface area contributed by atoms with Gasteiger partial charge in [-0.3, -0.25) is 4.79 Å². The Morgan fingerprint density at radius 3 is 2.07 bits per heavy atom. The third kappa shape index (κ3) is 6.99. The molecule has 0 radical (unpaired) electrons. The second-order valence-corrected chi connectivity index (χ2v) is 17.4. The van der Waals surface area contributed by atoms with Gasteiger partial charge in [0.1, 0.15) is 21.5 Å². The van der Waals surface area contributed by atoms with E-state index in [4.69, 9.17) is 14.2 Å². The minimum absolute atomic E-state index is 0.0366. The van der Waals surface area contributed by atoms with Crippen molar-refractivity contribution < 1.29 is 42.0 Å². The summed E-state index contributed by atoms with van der Waals surface area (Å²) >= 11 is 0. The number of aliphatic hydroxyl groups is 1. The van der Waals surface area contributed by atoms with E-state index in [0.29, 0.717) is 29.7 Å². The quantitative estimate of drug-likeness (QED) is 0.168. The van der Waals surface area contributed by atoms with Crippen LogP contribution in [0.1, 0.15) is 36.2 Å². The van der Waals surface area contributed by atoms with Crippen LogP contribution in [0.25, 0.3) is 10.9 Å². The molecule has 290 valence electrons. The predicted octanol–water partition coefficient (Wildman–Crippen LogP) is 1.75. The molecule has 0 bridgehead atoms. The average molecular weight is 772 g/mol. The number of nitrogens with one attached hydrogen (secondary N) is 1. The van der Waals surface area contributed by atoms with Crippen LogP contribution in [0.15, 0.2) is 97.1 Å². The smallest absolute Gasteiger partial charge is 0.395 e. The molecule has 1 amide bonds. The summed E-state index contributed by atoms with van der Waals surface area (Å²) in [6.45, 7) is 4.97. The first-order chi connectivity index (χ1) is 26.7. The van der Waals surface area contributed by atoms with Crippen LogP contribution in [0, 0.1) is 5.82 Å². The van der Waals surface area contributed by atoms with E-state index in [1.54, 1.807) is 12.1 Å². The first-order valence-electron chi connectivity index (χ1n) is 19.2. The summed E-state index contributed by atoms with van der Waals surface area (Å²) in [7, 11) is 11.7. The molecular weight excluding hydrogens is 726 g/mol. The Kier molecular flexibility index (Phi) is 10.3. The molecule has 2 heterocycles. The predicted molar refractivity (Wildman–Crippen MR) is 231 cm³/mol. The van der Waals surface area contributed by atoms with Gasteiger partial charge in [-0.25, -0.2) is 4.39 Å². The number of aliphatic hydroxyl groups excluding tert-OH is 1. The summed E-state index contributed by atoms with van der Waals surface area (Å²) in [5.41, 5.74) is 1.81. The molecule has 1 fully saturated rings. The summed E-state index contributed by atoms with van der Waals surface area (Å²) in [4.78, 5) is 14.6. The fourth-order valence-electron chi connectivity index (χ4n) is 8.70. The Labute approximate surface area is 336 Å². The van der Waals surface area contributed by atoms with E-state index in [9.17, 15) is 18.7 Å². The number of nitrogens with zero attached hydrogens (tertiary/aromatic N) is 1. The SMILES string of the molecule is BC(B)(OCc1ccccc1)C(C)(C)c1cc2cc(NC(=O)C3(c4ccc5c(c4)OC(F)(F)O5)C(B)(B)C3(B)B)c(F)cc2n1C[C@@H](O)COCc1ccccc1. The number of rotatable bonds is 14. The highest BCUT2D eigenvalue weighted by molar-refractivity contribution is 6.65. The zero-order chi connectivity index (χ0) is 41.2. The van der Waals surface area contributed by atoms with Gasteiger partial charge in [-0.15, -0.1) is 8.78 Å². The van der Waals surface area contributed by atoms with E-state index in [0.717, 1.165) is 16.8 Å². The third-order valence-corrected chi connectivity index (χ3v) is 13.2. The Morgan fingerprint density at radius 1 is 0.860 bits per heavy atom. The zero-order valence-corrected chi connectivity index (χ0v) is 33.7. The van der Waals surface area contributed by atoms with Crippen molar-refractivity contribution in [1.82, 2.24) is 4.57 Å². The van der Waals surface area contributed by atoms with Gasteiger partial charge in [0.15, 0.2) is 11.5 Å². The van der Waals surface area contributed by atoms with Crippen LogP contribution in [0.2, 0.25) is 10.4 Å². The molecule has 1 aromatic heterocycles. The van der Waals surface area contributed by atoms with Crippen molar-refractivity contribution in [2.75, 3.05) is 11.9 Å². The number of halogens is 3. The maximum absolute atomic E-state index is 16.4. The lowest BCUT2D eigenvalue weighted by atomic mass is 9.49. The molecule has 2 aliphatic rings. The van der Waals surface area contributed by atoms with Crippen molar-refractivity contribution in [3.05, 3.63) is 125 Å². The number of aromatic nitrogens is 1. The first kappa shape index (κ1) is 40.7. The highest BCUT2D eigenvalue weighted by Gasteiger charge is 2.79. The van der Waals surface area contributed by atoms with Crippen LogP contribution in [0.3, 0.4) is 0 Å². The van der Waals surface area contributed by atoms with Gasteiger partial charge in [-0.2, -0.15) is 0 Å². The van der Waals surface area contributed by atoms with Crippen LogP contribution in [0.5, 0.6) is 11.5 Å². The molecule has 2 N–H and O–H groups in total. The van der Waals surface area contributed by atoms with Gasteiger partial charge in [-0.1, -0.05) is 91.0 Å². The molecule has 7 rings (SSSR count). The number of benzene rings is 4. The minimum atomic E-state index is -3.82. The van der Waals surface area contributed by atoms with Gasteiger partial charge in [0.2, 0.25) is 5.91 Å². The van der Waals surface area contributed by atoms with E-state index in [1.165, 1.54) is 18.2 Å². The monoisotopic (exact) mass is 772 g/mol. The number of hydrogen-bond donors (Lipinski definition) is 2. The van der Waals surface area contributed by atoms with E-state index in [2.05, 4.69) is 23.9 Å². The van der Waals surface area contributed by atoms with Crippen molar-refractivity contribution in [3.63, 3.8) is 0 Å². The van der Waals surface area contributed by atoms with Crippen molar-refractivity contribution in [3.8, 4) is 11.5 Å². The second-order valence-electron chi connectivity index (χ2n) is 17.4. The molecule has 1 saturated carbocycles. The Bertz CT molecular complexity index is 2300. The largest absolute Gasteiger partial charge is 0.586 e. The standard InChI is InChI=1S/C40H45B6F3N2O6/c1-35(2,39(45,46)55-21-24-11-7-4-8-12-24)33-16-25-15-29(28(47)18-30(25)51(33)19-27(52)22-54-20-23-9-5-3-6-10-23)50-34(53)36(37(41,42)38(36,43)44)26-13-14-31-32(17-26)57-40(48,49)56-31/h3-18,27,52H,19-22,41-46H2,1-2H3,(H,50,53)/t27-/m1/s1. The lowest BCUT2D eigenvalue weighted by Crippen LogP contribution is -2.52. The molecule has 1 aliphatic carbocycles. The van der Waals surface area contributed by atoms with Crippen LogP contribution in [-0.2, 0) is 44.9 Å². The summed E-state index contributed by atoms with van der Waals surface area (Å²) in [5, 5.41) is 12.8. The van der Waals surface area contributed by atoms with Crippen molar-refractivity contribution in [1.29, 1.82) is 0 Å². The Morgan fingerprint density at radius 2 is 1.46 bits per heavy atom. The van der Waals surface area contributed by atoms with Gasteiger partial charge < -0.3 is 33.9 Å². The second kappa shape index (κ2) is 14.4. The maximum atomic E-state index is 16.4. The molecule has 0 unspecified atom stereocenters. The molecule has 1 atom stereocenters. The summed E-state index contributed by atoms with van der Waals surface area (Å²) in [6, 6.07) is 28.9. The van der Waals surface area contributed by atoms with Crippen molar-refractivity contribution in [2.24, 2.45) is 0 Å². The first-order valence-corrected chi connectivity index (χ1v) is 19.2. The molecule has 5 aromatic rings. The van der Waals surface area contributed by atoms with Crippen LogP contribution < -0.4 is 14.8 Å². The summed E-state index contributed by atoms with van der Waals surface area (Å²) < 4.78 is 68.1. The van der Waals surface area contributed by atoms with E-state index in [-0.39, 0.29) is 30.3 Å². The minimum Gasteiger partial charge on any atom is -0.395 e.